The van der Waals surface area contributed by atoms with E-state index in [-0.39, 0.29) is 12.0 Å². The highest BCUT2D eigenvalue weighted by molar-refractivity contribution is 5.95. The van der Waals surface area contributed by atoms with E-state index in [0.29, 0.717) is 30.8 Å². The van der Waals surface area contributed by atoms with Gasteiger partial charge in [-0.1, -0.05) is 19.1 Å². The Labute approximate surface area is 123 Å². The standard InChI is InChI=1S/C16H19NO4/c1-2-14-11-17(8-9-21-14)16(20)13-5-3-4-12(10-13)6-7-15(18)19/h3-7,10,14H,2,8-9,11H2,1H3,(H,18,19). The number of nitrogens with zero attached hydrogens (tertiary/aromatic N) is 1. The van der Waals surface area contributed by atoms with Crippen LogP contribution in [0.4, 0.5) is 0 Å². The maximum absolute atomic E-state index is 12.5. The van der Waals surface area contributed by atoms with Crippen LogP contribution in [0, 0.1) is 0 Å². The Hall–Kier alpha value is -2.14. The van der Waals surface area contributed by atoms with E-state index in [4.69, 9.17) is 9.84 Å². The number of carboxylic acids is 1. The first-order valence-electron chi connectivity index (χ1n) is 7.02. The maximum atomic E-state index is 12.5. The van der Waals surface area contributed by atoms with Crippen molar-refractivity contribution in [2.45, 2.75) is 19.4 Å². The molecule has 21 heavy (non-hydrogen) atoms. The first-order chi connectivity index (χ1) is 10.1. The number of carbonyl (C=O) groups excluding carboxylic acids is 1. The monoisotopic (exact) mass is 289 g/mol. The number of amides is 1. The molecule has 1 saturated heterocycles. The number of hydrogen-bond acceptors (Lipinski definition) is 3. The lowest BCUT2D eigenvalue weighted by atomic mass is 10.1. The zero-order valence-electron chi connectivity index (χ0n) is 12.0. The zero-order chi connectivity index (χ0) is 15.2. The number of rotatable bonds is 4. The van der Waals surface area contributed by atoms with Crippen molar-refractivity contribution in [3.8, 4) is 0 Å². The highest BCUT2D eigenvalue weighted by atomic mass is 16.5. The van der Waals surface area contributed by atoms with E-state index in [1.807, 2.05) is 6.92 Å². The second-order valence-electron chi connectivity index (χ2n) is 4.95. The first-order valence-corrected chi connectivity index (χ1v) is 7.02. The second-order valence-corrected chi connectivity index (χ2v) is 4.95. The minimum atomic E-state index is -1.01. The van der Waals surface area contributed by atoms with E-state index in [1.165, 1.54) is 6.08 Å². The molecule has 1 aromatic rings. The van der Waals surface area contributed by atoms with E-state index in [1.54, 1.807) is 29.2 Å². The molecule has 1 N–H and O–H groups in total. The van der Waals surface area contributed by atoms with Crippen LogP contribution in [0.5, 0.6) is 0 Å². The largest absolute Gasteiger partial charge is 0.478 e. The van der Waals surface area contributed by atoms with E-state index >= 15 is 0 Å². The van der Waals surface area contributed by atoms with Gasteiger partial charge in [0.25, 0.3) is 5.91 Å². The number of carboxylic acid groups (broad SMARTS) is 1. The van der Waals surface area contributed by atoms with Gasteiger partial charge in [0.05, 0.1) is 12.7 Å². The molecule has 0 aliphatic carbocycles. The predicted molar refractivity (Wildman–Crippen MR) is 79.0 cm³/mol. The van der Waals surface area contributed by atoms with Gasteiger partial charge in [0.15, 0.2) is 0 Å². The molecule has 0 radical (unpaired) electrons. The van der Waals surface area contributed by atoms with Crippen LogP contribution < -0.4 is 0 Å². The summed E-state index contributed by atoms with van der Waals surface area (Å²) >= 11 is 0. The summed E-state index contributed by atoms with van der Waals surface area (Å²) in [6.45, 7) is 3.79. The summed E-state index contributed by atoms with van der Waals surface area (Å²) < 4.78 is 5.56. The van der Waals surface area contributed by atoms with Gasteiger partial charge in [0.1, 0.15) is 0 Å². The Kier molecular flexibility index (Phi) is 5.11. The summed E-state index contributed by atoms with van der Waals surface area (Å²) in [6, 6.07) is 6.98. The summed E-state index contributed by atoms with van der Waals surface area (Å²) in [5, 5.41) is 8.64. The van der Waals surface area contributed by atoms with Crippen molar-refractivity contribution < 1.29 is 19.4 Å². The molecule has 5 heteroatoms. The van der Waals surface area contributed by atoms with Crippen molar-refractivity contribution >= 4 is 18.0 Å². The summed E-state index contributed by atoms with van der Waals surface area (Å²) in [5.41, 5.74) is 1.27. The van der Waals surface area contributed by atoms with Gasteiger partial charge in [-0.05, 0) is 30.2 Å². The van der Waals surface area contributed by atoms with Crippen LogP contribution in [-0.4, -0.2) is 47.7 Å². The number of aliphatic carboxylic acids is 1. The van der Waals surface area contributed by atoms with Crippen molar-refractivity contribution in [3.05, 3.63) is 41.5 Å². The molecule has 0 saturated carbocycles. The van der Waals surface area contributed by atoms with Crippen LogP contribution in [0.2, 0.25) is 0 Å². The fraction of sp³-hybridized carbons (Fsp3) is 0.375. The molecule has 1 aromatic carbocycles. The first kappa shape index (κ1) is 15.3. The van der Waals surface area contributed by atoms with Crippen molar-refractivity contribution in [2.24, 2.45) is 0 Å². The van der Waals surface area contributed by atoms with Crippen LogP contribution in [0.15, 0.2) is 30.3 Å². The molecular weight excluding hydrogens is 270 g/mol. The molecule has 1 unspecified atom stereocenters. The normalized spacial score (nSPS) is 18.9. The maximum Gasteiger partial charge on any atom is 0.328 e. The fourth-order valence-electron chi connectivity index (χ4n) is 2.28. The van der Waals surface area contributed by atoms with Crippen LogP contribution >= 0.6 is 0 Å². The zero-order valence-corrected chi connectivity index (χ0v) is 12.0. The molecule has 1 amide bonds. The molecule has 1 heterocycles. The molecule has 0 aromatic heterocycles. The van der Waals surface area contributed by atoms with Gasteiger partial charge < -0.3 is 14.7 Å². The Bertz CT molecular complexity index is 553. The van der Waals surface area contributed by atoms with E-state index in [9.17, 15) is 9.59 Å². The van der Waals surface area contributed by atoms with Crippen molar-refractivity contribution in [3.63, 3.8) is 0 Å². The van der Waals surface area contributed by atoms with Gasteiger partial charge in [0.2, 0.25) is 0 Å². The van der Waals surface area contributed by atoms with Crippen LogP contribution in [0.3, 0.4) is 0 Å². The average molecular weight is 289 g/mol. The molecular formula is C16H19NO4. The highest BCUT2D eigenvalue weighted by Gasteiger charge is 2.23. The molecule has 5 nitrogen and oxygen atoms in total. The lowest BCUT2D eigenvalue weighted by Crippen LogP contribution is -2.45. The molecule has 1 atom stereocenters. The molecule has 0 bridgehead atoms. The average Bonchev–Trinajstić information content (AvgIpc) is 2.52. The summed E-state index contributed by atoms with van der Waals surface area (Å²) in [7, 11) is 0. The Morgan fingerprint density at radius 1 is 1.48 bits per heavy atom. The molecule has 2 rings (SSSR count). The number of ether oxygens (including phenoxy) is 1. The minimum Gasteiger partial charge on any atom is -0.478 e. The lowest BCUT2D eigenvalue weighted by molar-refractivity contribution is -0.131. The van der Waals surface area contributed by atoms with E-state index < -0.39 is 5.97 Å². The molecule has 1 aliphatic rings. The second kappa shape index (κ2) is 7.04. The van der Waals surface area contributed by atoms with Crippen LogP contribution in [-0.2, 0) is 9.53 Å². The minimum absolute atomic E-state index is 0.0395. The Morgan fingerprint density at radius 2 is 2.29 bits per heavy atom. The third-order valence-electron chi connectivity index (χ3n) is 3.43. The molecule has 0 spiro atoms. The Balaban J connectivity index is 2.12. The fourth-order valence-corrected chi connectivity index (χ4v) is 2.28. The van der Waals surface area contributed by atoms with Crippen molar-refractivity contribution in [1.82, 2.24) is 4.90 Å². The molecule has 1 aliphatic heterocycles. The third kappa shape index (κ3) is 4.16. The lowest BCUT2D eigenvalue weighted by Gasteiger charge is -2.32. The van der Waals surface area contributed by atoms with E-state index in [0.717, 1.165) is 12.5 Å². The number of morpholine rings is 1. The van der Waals surface area contributed by atoms with Crippen LogP contribution in [0.1, 0.15) is 29.3 Å². The summed E-state index contributed by atoms with van der Waals surface area (Å²) in [6.07, 6.45) is 3.52. The van der Waals surface area contributed by atoms with Gasteiger partial charge in [0, 0.05) is 24.7 Å². The van der Waals surface area contributed by atoms with Gasteiger partial charge in [-0.25, -0.2) is 4.79 Å². The van der Waals surface area contributed by atoms with Crippen molar-refractivity contribution in [1.29, 1.82) is 0 Å². The Morgan fingerprint density at radius 3 is 3.00 bits per heavy atom. The number of carbonyl (C=O) groups is 2. The van der Waals surface area contributed by atoms with Gasteiger partial charge in [-0.3, -0.25) is 4.79 Å². The summed E-state index contributed by atoms with van der Waals surface area (Å²) in [5.74, 6) is -1.05. The van der Waals surface area contributed by atoms with Crippen LogP contribution in [0.25, 0.3) is 6.08 Å². The van der Waals surface area contributed by atoms with Gasteiger partial charge in [-0.2, -0.15) is 0 Å². The number of benzene rings is 1. The van der Waals surface area contributed by atoms with Gasteiger partial charge in [-0.15, -0.1) is 0 Å². The topological polar surface area (TPSA) is 66.8 Å². The van der Waals surface area contributed by atoms with Gasteiger partial charge >= 0.3 is 5.97 Å². The molecule has 112 valence electrons. The molecule has 1 fully saturated rings. The smallest absolute Gasteiger partial charge is 0.328 e. The highest BCUT2D eigenvalue weighted by Crippen LogP contribution is 2.14. The predicted octanol–water partition coefficient (Wildman–Crippen LogP) is 2.04. The quantitative estimate of drug-likeness (QED) is 0.861. The SMILES string of the molecule is CCC1CN(C(=O)c2cccc(C=CC(=O)O)c2)CCO1. The number of hydrogen-bond donors (Lipinski definition) is 1. The third-order valence-corrected chi connectivity index (χ3v) is 3.43. The van der Waals surface area contributed by atoms with E-state index in [2.05, 4.69) is 0 Å². The summed E-state index contributed by atoms with van der Waals surface area (Å²) in [4.78, 5) is 24.8. The van der Waals surface area contributed by atoms with Crippen molar-refractivity contribution in [2.75, 3.05) is 19.7 Å².